The number of carbonyl (C=O) groups excluding carboxylic acids is 2. The van der Waals surface area contributed by atoms with Crippen molar-refractivity contribution < 1.29 is 19.1 Å². The Bertz CT molecular complexity index is 603. The Kier molecular flexibility index (Phi) is 5.07. The van der Waals surface area contributed by atoms with Crippen molar-refractivity contribution >= 4 is 11.9 Å². The summed E-state index contributed by atoms with van der Waals surface area (Å²) < 4.78 is 11.1. The first-order chi connectivity index (χ1) is 11.5. The summed E-state index contributed by atoms with van der Waals surface area (Å²) in [5.74, 6) is 0.141. The largest absolute Gasteiger partial charge is 0.480 e. The van der Waals surface area contributed by atoms with Crippen molar-refractivity contribution in [1.82, 2.24) is 5.32 Å². The second-order valence-electron chi connectivity index (χ2n) is 6.82. The minimum absolute atomic E-state index is 0.0149. The summed E-state index contributed by atoms with van der Waals surface area (Å²) in [6.45, 7) is 3.97. The number of esters is 1. The fourth-order valence-corrected chi connectivity index (χ4v) is 3.34. The molecule has 1 aliphatic carbocycles. The molecule has 2 aliphatic rings. The monoisotopic (exact) mass is 331 g/mol. The highest BCUT2D eigenvalue weighted by atomic mass is 16.5. The molecule has 0 bridgehead atoms. The average Bonchev–Trinajstić information content (AvgIpc) is 2.97. The third-order valence-electron chi connectivity index (χ3n) is 4.90. The van der Waals surface area contributed by atoms with Gasteiger partial charge in [-0.2, -0.15) is 0 Å². The molecule has 1 saturated carbocycles. The molecule has 1 heterocycles. The summed E-state index contributed by atoms with van der Waals surface area (Å²) in [7, 11) is 0. The number of carbonyl (C=O) groups is 2. The van der Waals surface area contributed by atoms with Crippen molar-refractivity contribution in [3.63, 3.8) is 0 Å². The molecular formula is C19H25NO4. The smallest absolute Gasteiger partial charge is 0.325 e. The van der Waals surface area contributed by atoms with Gasteiger partial charge in [-0.3, -0.25) is 9.59 Å². The Morgan fingerprint density at radius 1 is 1.17 bits per heavy atom. The third kappa shape index (κ3) is 3.89. The molecule has 5 nitrogen and oxygen atoms in total. The second-order valence-corrected chi connectivity index (χ2v) is 6.82. The Hall–Kier alpha value is -2.04. The summed E-state index contributed by atoms with van der Waals surface area (Å²) in [6.07, 6.45) is 5.28. The maximum atomic E-state index is 12.2. The number of benzene rings is 1. The SMILES string of the molecule is Cc1cc2c(cc1C)O[C@@H](C(=O)NCC(=O)OC1CCCCC1)C2. The number of aryl methyl sites for hydroxylation is 2. The predicted octanol–water partition coefficient (Wildman–Crippen LogP) is 2.60. The van der Waals surface area contributed by atoms with Crippen LogP contribution in [0.15, 0.2) is 12.1 Å². The minimum atomic E-state index is -0.566. The van der Waals surface area contributed by atoms with Gasteiger partial charge in [0, 0.05) is 6.42 Å². The van der Waals surface area contributed by atoms with Gasteiger partial charge in [0.25, 0.3) is 5.91 Å². The third-order valence-corrected chi connectivity index (χ3v) is 4.90. The fraction of sp³-hybridized carbons (Fsp3) is 0.579. The van der Waals surface area contributed by atoms with Gasteiger partial charge in [-0.05, 0) is 62.3 Å². The van der Waals surface area contributed by atoms with Crippen LogP contribution >= 0.6 is 0 Å². The van der Waals surface area contributed by atoms with Crippen LogP contribution in [0, 0.1) is 13.8 Å². The van der Waals surface area contributed by atoms with Gasteiger partial charge in [0.1, 0.15) is 18.4 Å². The molecule has 1 aliphatic heterocycles. The van der Waals surface area contributed by atoms with E-state index in [0.29, 0.717) is 6.42 Å². The zero-order chi connectivity index (χ0) is 17.1. The molecule has 1 N–H and O–H groups in total. The molecule has 1 aromatic carbocycles. The van der Waals surface area contributed by atoms with Gasteiger partial charge >= 0.3 is 5.97 Å². The fourth-order valence-electron chi connectivity index (χ4n) is 3.34. The summed E-state index contributed by atoms with van der Waals surface area (Å²) >= 11 is 0. The van der Waals surface area contributed by atoms with E-state index in [0.717, 1.165) is 42.6 Å². The van der Waals surface area contributed by atoms with Crippen LogP contribution < -0.4 is 10.1 Å². The number of nitrogens with one attached hydrogen (secondary N) is 1. The highest BCUT2D eigenvalue weighted by molar-refractivity contribution is 5.86. The molecule has 5 heteroatoms. The van der Waals surface area contributed by atoms with E-state index in [2.05, 4.69) is 11.4 Å². The molecule has 1 fully saturated rings. The second kappa shape index (κ2) is 7.24. The van der Waals surface area contributed by atoms with Crippen molar-refractivity contribution in [3.8, 4) is 5.75 Å². The first-order valence-corrected chi connectivity index (χ1v) is 8.77. The first-order valence-electron chi connectivity index (χ1n) is 8.77. The van der Waals surface area contributed by atoms with Gasteiger partial charge in [0.2, 0.25) is 0 Å². The van der Waals surface area contributed by atoms with E-state index < -0.39 is 6.10 Å². The molecule has 130 valence electrons. The zero-order valence-corrected chi connectivity index (χ0v) is 14.4. The zero-order valence-electron chi connectivity index (χ0n) is 14.4. The maximum Gasteiger partial charge on any atom is 0.325 e. The van der Waals surface area contributed by atoms with Crippen molar-refractivity contribution in [3.05, 3.63) is 28.8 Å². The molecule has 1 amide bonds. The topological polar surface area (TPSA) is 64.6 Å². The molecule has 3 rings (SSSR count). The quantitative estimate of drug-likeness (QED) is 0.861. The molecule has 0 saturated heterocycles. The van der Waals surface area contributed by atoms with E-state index in [-0.39, 0.29) is 24.5 Å². The van der Waals surface area contributed by atoms with Gasteiger partial charge < -0.3 is 14.8 Å². The summed E-state index contributed by atoms with van der Waals surface area (Å²) in [5, 5.41) is 2.64. The van der Waals surface area contributed by atoms with Crippen LogP contribution in [-0.2, 0) is 20.7 Å². The van der Waals surface area contributed by atoms with Crippen molar-refractivity contribution in [2.75, 3.05) is 6.54 Å². The van der Waals surface area contributed by atoms with Crippen molar-refractivity contribution in [2.45, 2.75) is 64.6 Å². The number of fused-ring (bicyclic) bond motifs is 1. The van der Waals surface area contributed by atoms with Crippen LogP contribution in [0.4, 0.5) is 0 Å². The van der Waals surface area contributed by atoms with Crippen molar-refractivity contribution in [1.29, 1.82) is 0 Å². The van der Waals surface area contributed by atoms with Crippen LogP contribution in [0.25, 0.3) is 0 Å². The summed E-state index contributed by atoms with van der Waals surface area (Å²) in [6, 6.07) is 4.03. The van der Waals surface area contributed by atoms with Gasteiger partial charge in [0.05, 0.1) is 0 Å². The van der Waals surface area contributed by atoms with E-state index in [1.165, 1.54) is 12.0 Å². The van der Waals surface area contributed by atoms with Crippen LogP contribution in [0.5, 0.6) is 5.75 Å². The predicted molar refractivity (Wildman–Crippen MR) is 90.0 cm³/mol. The molecular weight excluding hydrogens is 306 g/mol. The van der Waals surface area contributed by atoms with Crippen LogP contribution in [0.3, 0.4) is 0 Å². The lowest BCUT2D eigenvalue weighted by Gasteiger charge is -2.22. The molecule has 0 radical (unpaired) electrons. The van der Waals surface area contributed by atoms with E-state index >= 15 is 0 Å². The minimum Gasteiger partial charge on any atom is -0.480 e. The Balaban J connectivity index is 1.47. The highest BCUT2D eigenvalue weighted by Gasteiger charge is 2.30. The number of hydrogen-bond donors (Lipinski definition) is 1. The molecule has 1 atom stereocenters. The lowest BCUT2D eigenvalue weighted by atomic mass is 9.98. The van der Waals surface area contributed by atoms with Gasteiger partial charge in [-0.25, -0.2) is 0 Å². The van der Waals surface area contributed by atoms with E-state index in [4.69, 9.17) is 9.47 Å². The maximum absolute atomic E-state index is 12.2. The summed E-state index contributed by atoms with van der Waals surface area (Å²) in [5.41, 5.74) is 3.38. The molecule has 0 aromatic heterocycles. The van der Waals surface area contributed by atoms with E-state index in [1.54, 1.807) is 0 Å². The average molecular weight is 331 g/mol. The Labute approximate surface area is 142 Å². The number of hydrogen-bond acceptors (Lipinski definition) is 4. The highest BCUT2D eigenvalue weighted by Crippen LogP contribution is 2.31. The Morgan fingerprint density at radius 2 is 1.88 bits per heavy atom. The van der Waals surface area contributed by atoms with Gasteiger partial charge in [-0.15, -0.1) is 0 Å². The summed E-state index contributed by atoms with van der Waals surface area (Å²) in [4.78, 5) is 24.1. The lowest BCUT2D eigenvalue weighted by Crippen LogP contribution is -2.41. The van der Waals surface area contributed by atoms with Crippen LogP contribution in [0.1, 0.15) is 48.8 Å². The number of rotatable bonds is 4. The van der Waals surface area contributed by atoms with Gasteiger partial charge in [0.15, 0.2) is 6.10 Å². The van der Waals surface area contributed by atoms with Crippen molar-refractivity contribution in [2.24, 2.45) is 0 Å². The van der Waals surface area contributed by atoms with Crippen LogP contribution in [0.2, 0.25) is 0 Å². The first kappa shape index (κ1) is 16.8. The van der Waals surface area contributed by atoms with E-state index in [9.17, 15) is 9.59 Å². The van der Waals surface area contributed by atoms with Gasteiger partial charge in [-0.1, -0.05) is 12.5 Å². The van der Waals surface area contributed by atoms with Crippen LogP contribution in [-0.4, -0.2) is 30.6 Å². The molecule has 24 heavy (non-hydrogen) atoms. The Morgan fingerprint density at radius 3 is 2.62 bits per heavy atom. The molecule has 0 unspecified atom stereocenters. The number of amides is 1. The standard InChI is InChI=1S/C19H25NO4/c1-12-8-14-10-17(24-16(14)9-13(12)2)19(22)20-11-18(21)23-15-6-4-3-5-7-15/h8-9,15,17H,3-7,10-11H2,1-2H3,(H,20,22)/t17-/m1/s1. The van der Waals surface area contributed by atoms with E-state index in [1.807, 2.05) is 19.9 Å². The lowest BCUT2D eigenvalue weighted by molar-refractivity contribution is -0.150. The molecule has 0 spiro atoms. The number of ether oxygens (including phenoxy) is 2. The molecule has 1 aromatic rings. The normalized spacial score (nSPS) is 20.2.